The van der Waals surface area contributed by atoms with E-state index in [1.807, 2.05) is 10.7 Å². The Labute approximate surface area is 144 Å². The number of aryl methyl sites for hydroxylation is 1. The van der Waals surface area contributed by atoms with E-state index in [-0.39, 0.29) is 17.9 Å². The molecule has 1 aliphatic heterocycles. The van der Waals surface area contributed by atoms with Crippen LogP contribution in [-0.2, 0) is 18.7 Å². The number of hydrogen-bond acceptors (Lipinski definition) is 4. The Bertz CT molecular complexity index is 693. The lowest BCUT2D eigenvalue weighted by Crippen LogP contribution is -2.46. The number of benzene rings is 1. The molecule has 2 amide bonds. The van der Waals surface area contributed by atoms with Crippen LogP contribution < -0.4 is 10.6 Å². The number of carbonyl (C=O) groups excluding carboxylic acids is 1. The molecular weight excluding hydrogens is 329 g/mol. The van der Waals surface area contributed by atoms with Crippen molar-refractivity contribution in [1.82, 2.24) is 25.4 Å². The lowest BCUT2D eigenvalue weighted by atomic mass is 10.1. The predicted octanol–water partition coefficient (Wildman–Crippen LogP) is 1.96. The Morgan fingerprint density at radius 1 is 1.42 bits per heavy atom. The van der Waals surface area contributed by atoms with E-state index in [4.69, 9.17) is 0 Å². The van der Waals surface area contributed by atoms with Crippen LogP contribution >= 0.6 is 11.8 Å². The number of carbonyl (C=O) groups is 1. The molecule has 0 radical (unpaired) electrons. The molecule has 0 saturated carbocycles. The second-order valence-corrected chi connectivity index (χ2v) is 6.74. The van der Waals surface area contributed by atoms with Crippen LogP contribution in [-0.4, -0.2) is 39.1 Å². The highest BCUT2D eigenvalue weighted by Gasteiger charge is 2.20. The largest absolute Gasteiger partial charge is 0.337 e. The maximum absolute atomic E-state index is 13.5. The van der Waals surface area contributed by atoms with Crippen molar-refractivity contribution in [2.24, 2.45) is 0 Å². The van der Waals surface area contributed by atoms with Gasteiger partial charge in [-0.15, -0.1) is 0 Å². The zero-order valence-corrected chi connectivity index (χ0v) is 14.1. The summed E-state index contributed by atoms with van der Waals surface area (Å²) in [6, 6.07) is 6.66. The molecule has 0 saturated heterocycles. The first kappa shape index (κ1) is 16.8. The molecule has 2 N–H and O–H groups in total. The number of hydrogen-bond donors (Lipinski definition) is 2. The fraction of sp³-hybridized carbons (Fsp3) is 0.438. The summed E-state index contributed by atoms with van der Waals surface area (Å²) in [4.78, 5) is 16.1. The highest BCUT2D eigenvalue weighted by molar-refractivity contribution is 7.98. The smallest absolute Gasteiger partial charge is 0.315 e. The number of thioether (sulfide) groups is 1. The molecule has 1 aliphatic rings. The first-order chi connectivity index (χ1) is 11.7. The Hall–Kier alpha value is -2.09. The van der Waals surface area contributed by atoms with Gasteiger partial charge in [-0.2, -0.15) is 16.9 Å². The predicted molar refractivity (Wildman–Crippen MR) is 91.2 cm³/mol. The highest BCUT2D eigenvalue weighted by Crippen LogP contribution is 2.14. The van der Waals surface area contributed by atoms with Gasteiger partial charge in [-0.05, 0) is 18.1 Å². The van der Waals surface area contributed by atoms with E-state index in [1.54, 1.807) is 30.2 Å². The molecule has 0 bridgehead atoms. The van der Waals surface area contributed by atoms with Crippen LogP contribution in [0.4, 0.5) is 9.18 Å². The summed E-state index contributed by atoms with van der Waals surface area (Å²) in [5.41, 5.74) is 0.692. The highest BCUT2D eigenvalue weighted by atomic mass is 32.2. The number of nitrogens with one attached hydrogen (secondary N) is 2. The average molecular weight is 349 g/mol. The van der Waals surface area contributed by atoms with E-state index in [0.29, 0.717) is 24.4 Å². The van der Waals surface area contributed by atoms with Crippen molar-refractivity contribution in [3.63, 3.8) is 0 Å². The van der Waals surface area contributed by atoms with Crippen LogP contribution in [0.1, 0.15) is 17.8 Å². The van der Waals surface area contributed by atoms with Gasteiger partial charge < -0.3 is 10.6 Å². The van der Waals surface area contributed by atoms with Gasteiger partial charge in [-0.3, -0.25) is 0 Å². The average Bonchev–Trinajstić information content (AvgIpc) is 3.04. The molecule has 6 nitrogen and oxygen atoms in total. The van der Waals surface area contributed by atoms with Gasteiger partial charge in [0.25, 0.3) is 0 Å². The molecule has 1 aromatic carbocycles. The van der Waals surface area contributed by atoms with E-state index in [1.165, 1.54) is 6.07 Å². The van der Waals surface area contributed by atoms with E-state index >= 15 is 0 Å². The minimum atomic E-state index is -0.180. The topological polar surface area (TPSA) is 71.8 Å². The van der Waals surface area contributed by atoms with Crippen LogP contribution in [0.3, 0.4) is 0 Å². The number of rotatable bonds is 6. The van der Waals surface area contributed by atoms with Crippen molar-refractivity contribution in [2.75, 3.05) is 12.3 Å². The molecule has 0 fully saturated rings. The lowest BCUT2D eigenvalue weighted by Gasteiger charge is -2.23. The van der Waals surface area contributed by atoms with Gasteiger partial charge in [0.2, 0.25) is 0 Å². The monoisotopic (exact) mass is 349 g/mol. The second-order valence-electron chi connectivity index (χ2n) is 5.64. The third kappa shape index (κ3) is 4.47. The molecule has 2 heterocycles. The van der Waals surface area contributed by atoms with Crippen molar-refractivity contribution in [3.05, 3.63) is 47.8 Å². The van der Waals surface area contributed by atoms with E-state index in [0.717, 1.165) is 24.4 Å². The normalized spacial score (nSPS) is 16.5. The molecule has 3 rings (SSSR count). The number of nitrogens with zero attached hydrogens (tertiary/aromatic N) is 3. The molecule has 1 aromatic heterocycles. The van der Waals surface area contributed by atoms with Crippen LogP contribution in [0.2, 0.25) is 0 Å². The third-order valence-electron chi connectivity index (χ3n) is 3.89. The maximum Gasteiger partial charge on any atom is 0.315 e. The van der Waals surface area contributed by atoms with Crippen LogP contribution in [0.15, 0.2) is 30.6 Å². The summed E-state index contributed by atoms with van der Waals surface area (Å²) in [7, 11) is 0. The van der Waals surface area contributed by atoms with Crippen LogP contribution in [0, 0.1) is 5.82 Å². The van der Waals surface area contributed by atoms with E-state index in [2.05, 4.69) is 20.7 Å². The molecule has 8 heteroatoms. The molecule has 2 aromatic rings. The molecule has 0 spiro atoms. The van der Waals surface area contributed by atoms with Crippen molar-refractivity contribution in [2.45, 2.75) is 31.2 Å². The zero-order chi connectivity index (χ0) is 16.8. The number of fused-ring (bicyclic) bond motifs is 1. The Kier molecular flexibility index (Phi) is 5.68. The minimum Gasteiger partial charge on any atom is -0.337 e. The number of urea groups is 1. The minimum absolute atomic E-state index is 0.0743. The third-order valence-corrected chi connectivity index (χ3v) is 4.90. The Balaban J connectivity index is 1.31. The van der Waals surface area contributed by atoms with Crippen molar-refractivity contribution in [3.8, 4) is 0 Å². The molecule has 0 aliphatic carbocycles. The number of halogens is 1. The van der Waals surface area contributed by atoms with Crippen molar-refractivity contribution < 1.29 is 9.18 Å². The van der Waals surface area contributed by atoms with Gasteiger partial charge in [-0.25, -0.2) is 18.9 Å². The van der Waals surface area contributed by atoms with Gasteiger partial charge in [0, 0.05) is 24.5 Å². The fourth-order valence-electron chi connectivity index (χ4n) is 2.63. The van der Waals surface area contributed by atoms with Gasteiger partial charge in [-0.1, -0.05) is 18.2 Å². The Morgan fingerprint density at radius 2 is 2.29 bits per heavy atom. The molecule has 128 valence electrons. The number of aromatic nitrogens is 3. The number of amides is 2. The SMILES string of the molecule is O=C(NCCSCc1ccccc1F)NC1CCc2ncnn2C1. The molecule has 24 heavy (non-hydrogen) atoms. The van der Waals surface area contributed by atoms with E-state index in [9.17, 15) is 9.18 Å². The van der Waals surface area contributed by atoms with Gasteiger partial charge in [0.15, 0.2) is 0 Å². The molecule has 1 atom stereocenters. The van der Waals surface area contributed by atoms with Gasteiger partial charge in [0.1, 0.15) is 18.0 Å². The quantitative estimate of drug-likeness (QED) is 0.782. The van der Waals surface area contributed by atoms with Crippen molar-refractivity contribution in [1.29, 1.82) is 0 Å². The van der Waals surface area contributed by atoms with Crippen LogP contribution in [0.5, 0.6) is 0 Å². The first-order valence-electron chi connectivity index (χ1n) is 7.94. The van der Waals surface area contributed by atoms with Gasteiger partial charge in [0.05, 0.1) is 12.6 Å². The van der Waals surface area contributed by atoms with Gasteiger partial charge >= 0.3 is 6.03 Å². The zero-order valence-electron chi connectivity index (χ0n) is 13.2. The second kappa shape index (κ2) is 8.14. The summed E-state index contributed by atoms with van der Waals surface area (Å²) < 4.78 is 15.3. The molecular formula is C16H20FN5OS. The summed E-state index contributed by atoms with van der Waals surface area (Å²) in [6.07, 6.45) is 3.24. The first-order valence-corrected chi connectivity index (χ1v) is 9.10. The standard InChI is InChI=1S/C16H20FN5OS/c17-14-4-2-1-3-12(14)10-24-8-7-18-16(23)21-13-5-6-15-19-11-20-22(15)9-13/h1-4,11,13H,5-10H2,(H2,18,21,23). The summed E-state index contributed by atoms with van der Waals surface area (Å²) >= 11 is 1.60. The fourth-order valence-corrected chi connectivity index (χ4v) is 3.47. The van der Waals surface area contributed by atoms with E-state index < -0.39 is 0 Å². The Morgan fingerprint density at radius 3 is 3.17 bits per heavy atom. The summed E-state index contributed by atoms with van der Waals surface area (Å²) in [5.74, 6) is 2.13. The maximum atomic E-state index is 13.5. The summed E-state index contributed by atoms with van der Waals surface area (Å²) in [5, 5.41) is 9.93. The summed E-state index contributed by atoms with van der Waals surface area (Å²) in [6.45, 7) is 1.21. The van der Waals surface area contributed by atoms with Crippen LogP contribution in [0.25, 0.3) is 0 Å². The lowest BCUT2D eigenvalue weighted by molar-refractivity contribution is 0.232. The molecule has 1 unspecified atom stereocenters. The van der Waals surface area contributed by atoms with Crippen molar-refractivity contribution >= 4 is 17.8 Å².